The highest BCUT2D eigenvalue weighted by Gasteiger charge is 2.32. The minimum atomic E-state index is -4.29. The summed E-state index contributed by atoms with van der Waals surface area (Å²) in [5, 5.41) is 28.4. The van der Waals surface area contributed by atoms with Gasteiger partial charge in [0.05, 0.1) is 62.1 Å². The molecule has 8 heterocycles. The Morgan fingerprint density at radius 2 is 1.27 bits per heavy atom. The molecule has 18 nitrogen and oxygen atoms in total. The summed E-state index contributed by atoms with van der Waals surface area (Å²) in [5.41, 5.74) is 3.50. The van der Waals surface area contributed by atoms with Gasteiger partial charge in [0.1, 0.15) is 34.0 Å². The number of aliphatic carboxylic acids is 1. The van der Waals surface area contributed by atoms with Crippen molar-refractivity contribution in [1.29, 1.82) is 0 Å². The molecule has 0 radical (unpaired) electrons. The minimum absolute atomic E-state index is 0.337. The van der Waals surface area contributed by atoms with Gasteiger partial charge in [0, 0.05) is 34.3 Å². The first kappa shape index (κ1) is 40.6. The van der Waals surface area contributed by atoms with Crippen molar-refractivity contribution in [1.82, 2.24) is 54.4 Å². The molecule has 0 saturated heterocycles. The predicted molar refractivity (Wildman–Crippen MR) is 223 cm³/mol. The maximum absolute atomic E-state index is 12.4. The molecule has 0 bridgehead atoms. The molecule has 4 N–H and O–H groups in total. The number of ether oxygens (including phenoxy) is 2. The van der Waals surface area contributed by atoms with Gasteiger partial charge in [0.15, 0.2) is 34.4 Å². The van der Waals surface area contributed by atoms with E-state index in [2.05, 4.69) is 56.1 Å². The van der Waals surface area contributed by atoms with Crippen molar-refractivity contribution in [3.63, 3.8) is 0 Å². The van der Waals surface area contributed by atoms with Gasteiger partial charge in [-0.15, -0.1) is 22.7 Å². The van der Waals surface area contributed by atoms with E-state index in [4.69, 9.17) is 9.47 Å². The summed E-state index contributed by atoms with van der Waals surface area (Å²) in [6.07, 6.45) is 7.85. The molecule has 23 heteroatoms. The van der Waals surface area contributed by atoms with Crippen LogP contribution in [0.3, 0.4) is 0 Å². The number of fused-ring (bicyclic) bond motifs is 8. The third-order valence-electron chi connectivity index (χ3n) is 10.7. The topological polar surface area (TPSA) is 221 Å². The van der Waals surface area contributed by atoms with Crippen LogP contribution in [0.4, 0.5) is 36.4 Å². The zero-order valence-electron chi connectivity index (χ0n) is 32.9. The third-order valence-corrected chi connectivity index (χ3v) is 13.1. The van der Waals surface area contributed by atoms with Crippen LogP contribution in [-0.4, -0.2) is 93.1 Å². The second-order valence-corrected chi connectivity index (χ2v) is 16.7. The van der Waals surface area contributed by atoms with Crippen molar-refractivity contribution in [2.75, 3.05) is 31.4 Å². The molecule has 0 aliphatic heterocycles. The average molecular weight is 888 g/mol. The van der Waals surface area contributed by atoms with Crippen LogP contribution in [0.1, 0.15) is 40.1 Å². The van der Waals surface area contributed by atoms with Crippen LogP contribution in [0.5, 0.6) is 11.5 Å². The van der Waals surface area contributed by atoms with Gasteiger partial charge in [-0.05, 0) is 49.7 Å². The summed E-state index contributed by atoms with van der Waals surface area (Å²) in [6, 6.07) is 3.57. The molecule has 10 rings (SSSR count). The standard InChI is InChI=1S/C21H20F3N7O2S.C18H16N6O3S/c1-33-13-9-31-15(4-6-28-31)29-17(13)30-18-16-12-3-2-11(19(32)25-7-5-21(22,23)24)8-14(12)34-20(16)27-10-26-18;1-27-11-7-24-13(4-5-21-24)22-15(11)23-16-14-10-3-2-9(18(25)26)6-12(10)28-17(14)20-8-19-16/h4,6,9-11H,2-3,5,7-8H2,1H3,(H,25,32)(H,26,27,29,30);4-5,7-9H,2-3,6H2,1H3,(H,25,26)(H,19,20,22,23)/t11-;9-/m00/s1. The Balaban J connectivity index is 0.000000161. The molecule has 0 fully saturated rings. The lowest BCUT2D eigenvalue weighted by Gasteiger charge is -2.22. The summed E-state index contributed by atoms with van der Waals surface area (Å²) < 4.78 is 51.3. The Morgan fingerprint density at radius 3 is 1.76 bits per heavy atom. The van der Waals surface area contributed by atoms with Crippen molar-refractivity contribution < 1.29 is 37.3 Å². The fraction of sp³-hybridized carbons (Fsp3) is 0.333. The lowest BCUT2D eigenvalue weighted by atomic mass is 9.87. The molecule has 2 aliphatic rings. The van der Waals surface area contributed by atoms with Gasteiger partial charge in [-0.2, -0.15) is 23.4 Å². The number of hydrogen-bond acceptors (Lipinski definition) is 16. The molecule has 0 spiro atoms. The van der Waals surface area contributed by atoms with Gasteiger partial charge in [-0.25, -0.2) is 38.9 Å². The van der Waals surface area contributed by atoms with Gasteiger partial charge in [0.2, 0.25) is 5.91 Å². The molecular formula is C39H36F3N13O5S2. The summed E-state index contributed by atoms with van der Waals surface area (Å²) >= 11 is 3.01. The third kappa shape index (κ3) is 8.07. The average Bonchev–Trinajstić information content (AvgIpc) is 4.07. The molecular weight excluding hydrogens is 852 g/mol. The van der Waals surface area contributed by atoms with Gasteiger partial charge < -0.3 is 30.5 Å². The normalized spacial score (nSPS) is 16.1. The maximum Gasteiger partial charge on any atom is 0.390 e. The number of carbonyl (C=O) groups is 2. The molecule has 8 aromatic heterocycles. The van der Waals surface area contributed by atoms with E-state index in [1.54, 1.807) is 60.2 Å². The van der Waals surface area contributed by atoms with E-state index in [0.29, 0.717) is 84.6 Å². The molecule has 320 valence electrons. The number of aromatic nitrogens is 10. The molecule has 2 atom stereocenters. The van der Waals surface area contributed by atoms with Crippen LogP contribution in [0.2, 0.25) is 0 Å². The number of hydrogen-bond donors (Lipinski definition) is 4. The van der Waals surface area contributed by atoms with Crippen molar-refractivity contribution >= 4 is 89.5 Å². The zero-order valence-corrected chi connectivity index (χ0v) is 34.6. The molecule has 2 aliphatic carbocycles. The number of methoxy groups -OCH3 is 2. The number of aryl methyl sites for hydroxylation is 2. The van der Waals surface area contributed by atoms with E-state index >= 15 is 0 Å². The maximum atomic E-state index is 12.4. The lowest BCUT2D eigenvalue weighted by Crippen LogP contribution is -2.35. The monoisotopic (exact) mass is 887 g/mol. The zero-order chi connectivity index (χ0) is 43.1. The second-order valence-electron chi connectivity index (χ2n) is 14.5. The number of carboxylic acids is 1. The van der Waals surface area contributed by atoms with Crippen molar-refractivity contribution in [2.45, 2.75) is 51.1 Å². The van der Waals surface area contributed by atoms with Crippen molar-refractivity contribution in [2.24, 2.45) is 11.8 Å². The number of thiophene rings is 2. The van der Waals surface area contributed by atoms with E-state index in [1.807, 2.05) is 0 Å². The first-order valence-electron chi connectivity index (χ1n) is 19.3. The highest BCUT2D eigenvalue weighted by molar-refractivity contribution is 7.19. The summed E-state index contributed by atoms with van der Waals surface area (Å²) in [4.78, 5) is 54.3. The Kier molecular flexibility index (Phi) is 10.9. The summed E-state index contributed by atoms with van der Waals surface area (Å²) in [5.74, 6) is 1.47. The second kappa shape index (κ2) is 16.6. The van der Waals surface area contributed by atoms with Crippen LogP contribution >= 0.6 is 22.7 Å². The highest BCUT2D eigenvalue weighted by Crippen LogP contribution is 2.42. The number of anilines is 4. The Hall–Kier alpha value is -6.75. The number of rotatable bonds is 10. The lowest BCUT2D eigenvalue weighted by molar-refractivity contribution is -0.142. The van der Waals surface area contributed by atoms with Crippen LogP contribution in [0.15, 0.2) is 49.6 Å². The highest BCUT2D eigenvalue weighted by atomic mass is 32.1. The van der Waals surface area contributed by atoms with E-state index in [-0.39, 0.29) is 17.7 Å². The van der Waals surface area contributed by atoms with Crippen molar-refractivity contribution in [3.05, 3.63) is 70.5 Å². The number of halogens is 3. The van der Waals surface area contributed by atoms with E-state index in [1.165, 1.54) is 35.3 Å². The van der Waals surface area contributed by atoms with E-state index in [9.17, 15) is 27.9 Å². The number of nitrogens with zero attached hydrogens (tertiary/aromatic N) is 10. The van der Waals surface area contributed by atoms with Crippen LogP contribution in [0.25, 0.3) is 31.7 Å². The number of carbonyl (C=O) groups excluding carboxylic acids is 1. The van der Waals surface area contributed by atoms with Crippen LogP contribution in [-0.2, 0) is 35.3 Å². The van der Waals surface area contributed by atoms with Crippen molar-refractivity contribution in [3.8, 4) is 11.5 Å². The Bertz CT molecular complexity index is 2990. The van der Waals surface area contributed by atoms with Gasteiger partial charge >= 0.3 is 12.1 Å². The van der Waals surface area contributed by atoms with Gasteiger partial charge in [-0.1, -0.05) is 0 Å². The Labute approximate surface area is 356 Å². The molecule has 0 aromatic carbocycles. The van der Waals surface area contributed by atoms with Crippen LogP contribution < -0.4 is 25.4 Å². The number of nitrogens with one attached hydrogen (secondary N) is 3. The van der Waals surface area contributed by atoms with Gasteiger partial charge in [-0.3, -0.25) is 9.59 Å². The fourth-order valence-electron chi connectivity index (χ4n) is 7.69. The van der Waals surface area contributed by atoms with E-state index in [0.717, 1.165) is 41.3 Å². The fourth-order valence-corrected chi connectivity index (χ4v) is 10.2. The predicted octanol–water partition coefficient (Wildman–Crippen LogP) is 6.34. The van der Waals surface area contributed by atoms with Crippen LogP contribution in [0, 0.1) is 11.8 Å². The first-order chi connectivity index (χ1) is 30.0. The van der Waals surface area contributed by atoms with E-state index < -0.39 is 25.1 Å². The SMILES string of the molecule is COc1cn2nccc2nc1Nc1ncnc2sc3c(c12)CC[C@H](C(=O)NCCC(F)(F)F)C3.COc1cn2nccc2nc1Nc1ncnc2sc3c(c12)CC[C@H](C(=O)O)C3. The largest absolute Gasteiger partial charge is 0.491 e. The molecule has 62 heavy (non-hydrogen) atoms. The quantitative estimate of drug-likeness (QED) is 0.118. The smallest absolute Gasteiger partial charge is 0.390 e. The molecule has 0 unspecified atom stereocenters. The first-order valence-corrected chi connectivity index (χ1v) is 21.0. The molecule has 0 saturated carbocycles. The number of amides is 1. The summed E-state index contributed by atoms with van der Waals surface area (Å²) in [7, 11) is 3.12. The summed E-state index contributed by atoms with van der Waals surface area (Å²) in [6.45, 7) is -0.409. The van der Waals surface area contributed by atoms with Gasteiger partial charge in [0.25, 0.3) is 0 Å². The number of alkyl halides is 3. The molecule has 8 aromatic rings. The molecule has 1 amide bonds. The minimum Gasteiger partial charge on any atom is -0.491 e. The Morgan fingerprint density at radius 1 is 0.774 bits per heavy atom. The number of carboxylic acid groups (broad SMARTS) is 1.